The van der Waals surface area contributed by atoms with Crippen molar-refractivity contribution in [1.29, 1.82) is 0 Å². The lowest BCUT2D eigenvalue weighted by atomic mass is 9.88. The van der Waals surface area contributed by atoms with Crippen LogP contribution in [0.5, 0.6) is 0 Å². The van der Waals surface area contributed by atoms with Crippen molar-refractivity contribution in [2.24, 2.45) is 5.92 Å². The first-order valence-corrected chi connectivity index (χ1v) is 11.8. The minimum atomic E-state index is -0.242. The van der Waals surface area contributed by atoms with Gasteiger partial charge in [-0.1, -0.05) is 18.9 Å². The number of anilines is 2. The van der Waals surface area contributed by atoms with Crippen molar-refractivity contribution in [2.45, 2.75) is 31.1 Å². The van der Waals surface area contributed by atoms with Crippen molar-refractivity contribution >= 4 is 46.0 Å². The third-order valence-corrected chi connectivity index (χ3v) is 6.62. The van der Waals surface area contributed by atoms with Crippen LogP contribution in [0.4, 0.5) is 11.5 Å². The number of rotatable bonds is 5. The summed E-state index contributed by atoms with van der Waals surface area (Å²) in [6, 6.07) is 18.2. The first-order valence-electron chi connectivity index (χ1n) is 11.3. The molecule has 1 fully saturated rings. The van der Waals surface area contributed by atoms with E-state index in [1.807, 2.05) is 36.4 Å². The van der Waals surface area contributed by atoms with Crippen LogP contribution in [0.2, 0.25) is 0 Å². The molecule has 5 rings (SSSR count). The van der Waals surface area contributed by atoms with Crippen LogP contribution in [0.1, 0.15) is 36.0 Å². The summed E-state index contributed by atoms with van der Waals surface area (Å²) in [5.41, 5.74) is 3.62. The number of aromatic nitrogens is 3. The van der Waals surface area contributed by atoms with E-state index in [2.05, 4.69) is 25.6 Å². The molecule has 0 aliphatic heterocycles. The number of carbonyl (C=O) groups excluding carboxylic acids is 2. The summed E-state index contributed by atoms with van der Waals surface area (Å²) in [6.07, 6.45) is 5.47. The Bertz CT molecular complexity index is 1320. The number of amides is 2. The van der Waals surface area contributed by atoms with Gasteiger partial charge in [0.15, 0.2) is 0 Å². The molecule has 3 N–H and O–H groups in total. The van der Waals surface area contributed by atoms with Gasteiger partial charge in [-0.25, -0.2) is 9.97 Å². The molecule has 1 aliphatic carbocycles. The molecule has 0 spiro atoms. The Morgan fingerprint density at radius 2 is 1.79 bits per heavy atom. The predicted molar refractivity (Wildman–Crippen MR) is 134 cm³/mol. The fourth-order valence-electron chi connectivity index (χ4n) is 4.24. The van der Waals surface area contributed by atoms with Crippen LogP contribution < -0.4 is 10.6 Å². The summed E-state index contributed by atoms with van der Waals surface area (Å²) < 4.78 is 0. The number of nitrogens with zero attached hydrogens (tertiary/aromatic N) is 2. The standard InChI is InChI=1S/C26H24ClN5O2/c27-20-6-2-1-5-19(20)26(34)29-18-11-8-16(9-12-18)24-30-21-13-10-17(15-22(21)31-24)25(33)32-23-7-3-4-14-28-23/h3-4,7-15,19-20H,1-2,5-6H2,(H,29,34)(H,30,31)(H,28,32,33). The number of hydrogen-bond donors (Lipinski definition) is 3. The highest BCUT2D eigenvalue weighted by Crippen LogP contribution is 2.30. The van der Waals surface area contributed by atoms with Crippen LogP contribution in [0, 0.1) is 5.92 Å². The minimum absolute atomic E-state index is 0.0207. The zero-order chi connectivity index (χ0) is 23.5. The average molecular weight is 474 g/mol. The quantitative estimate of drug-likeness (QED) is 0.328. The number of fused-ring (bicyclic) bond motifs is 1. The molecular weight excluding hydrogens is 450 g/mol. The summed E-state index contributed by atoms with van der Waals surface area (Å²) in [4.78, 5) is 37.2. The fourth-order valence-corrected chi connectivity index (χ4v) is 4.63. The second kappa shape index (κ2) is 9.65. The normalized spacial score (nSPS) is 17.9. The molecule has 2 unspecified atom stereocenters. The van der Waals surface area contributed by atoms with Crippen LogP contribution in [-0.4, -0.2) is 32.1 Å². The second-order valence-electron chi connectivity index (χ2n) is 8.46. The van der Waals surface area contributed by atoms with Crippen LogP contribution in [0.15, 0.2) is 66.9 Å². The van der Waals surface area contributed by atoms with E-state index in [0.717, 1.165) is 48.0 Å². The number of carbonyl (C=O) groups is 2. The smallest absolute Gasteiger partial charge is 0.256 e. The van der Waals surface area contributed by atoms with E-state index in [9.17, 15) is 9.59 Å². The van der Waals surface area contributed by atoms with Crippen LogP contribution in [0.3, 0.4) is 0 Å². The summed E-state index contributed by atoms with van der Waals surface area (Å²) in [7, 11) is 0. The van der Waals surface area contributed by atoms with Crippen molar-refractivity contribution in [1.82, 2.24) is 15.0 Å². The molecule has 2 heterocycles. The lowest BCUT2D eigenvalue weighted by Crippen LogP contribution is -2.32. The first kappa shape index (κ1) is 22.1. The Kier molecular flexibility index (Phi) is 6.27. The number of hydrogen-bond acceptors (Lipinski definition) is 4. The Morgan fingerprint density at radius 3 is 2.56 bits per heavy atom. The maximum atomic E-state index is 12.6. The highest BCUT2D eigenvalue weighted by atomic mass is 35.5. The van der Waals surface area contributed by atoms with Crippen molar-refractivity contribution in [3.05, 3.63) is 72.4 Å². The molecule has 2 atom stereocenters. The van der Waals surface area contributed by atoms with Crippen LogP contribution in [-0.2, 0) is 4.79 Å². The number of H-pyrrole nitrogens is 1. The van der Waals surface area contributed by atoms with E-state index in [0.29, 0.717) is 17.2 Å². The largest absolute Gasteiger partial charge is 0.338 e. The van der Waals surface area contributed by atoms with Gasteiger partial charge in [-0.05, 0) is 67.4 Å². The number of pyridine rings is 1. The van der Waals surface area contributed by atoms with Crippen molar-refractivity contribution in [3.63, 3.8) is 0 Å². The molecule has 2 amide bonds. The van der Waals surface area contributed by atoms with E-state index < -0.39 is 0 Å². The third-order valence-electron chi connectivity index (χ3n) is 6.09. The number of aromatic amines is 1. The molecule has 0 radical (unpaired) electrons. The Labute approximate surface area is 202 Å². The Hall–Kier alpha value is -3.71. The van der Waals surface area contributed by atoms with Crippen molar-refractivity contribution in [3.8, 4) is 11.4 Å². The second-order valence-corrected chi connectivity index (χ2v) is 9.02. The zero-order valence-electron chi connectivity index (χ0n) is 18.4. The monoisotopic (exact) mass is 473 g/mol. The van der Waals surface area contributed by atoms with E-state index in [4.69, 9.17) is 11.6 Å². The first-order chi connectivity index (χ1) is 16.6. The minimum Gasteiger partial charge on any atom is -0.338 e. The van der Waals surface area contributed by atoms with Gasteiger partial charge >= 0.3 is 0 Å². The highest BCUT2D eigenvalue weighted by Gasteiger charge is 2.29. The van der Waals surface area contributed by atoms with Gasteiger partial charge in [-0.15, -0.1) is 11.6 Å². The summed E-state index contributed by atoms with van der Waals surface area (Å²) in [6.45, 7) is 0. The predicted octanol–water partition coefficient (Wildman–Crippen LogP) is 5.61. The maximum Gasteiger partial charge on any atom is 0.256 e. The SMILES string of the molecule is O=C(Nc1ccccn1)c1ccc2nc(-c3ccc(NC(=O)C4CCCCC4Cl)cc3)[nH]c2c1. The fraction of sp³-hybridized carbons (Fsp3) is 0.231. The lowest BCUT2D eigenvalue weighted by molar-refractivity contribution is -0.120. The maximum absolute atomic E-state index is 12.6. The average Bonchev–Trinajstić information content (AvgIpc) is 3.29. The molecule has 0 saturated heterocycles. The number of alkyl halides is 1. The van der Waals surface area contributed by atoms with Crippen molar-refractivity contribution in [2.75, 3.05) is 10.6 Å². The van der Waals surface area contributed by atoms with Gasteiger partial charge in [0.2, 0.25) is 5.91 Å². The molecule has 4 aromatic rings. The molecule has 1 saturated carbocycles. The van der Waals surface area contributed by atoms with E-state index in [-0.39, 0.29) is 23.1 Å². The van der Waals surface area contributed by atoms with Crippen LogP contribution >= 0.6 is 11.6 Å². The molecular formula is C26H24ClN5O2. The Balaban J connectivity index is 1.29. The Morgan fingerprint density at radius 1 is 0.971 bits per heavy atom. The van der Waals surface area contributed by atoms with E-state index in [1.165, 1.54) is 0 Å². The summed E-state index contributed by atoms with van der Waals surface area (Å²) >= 11 is 6.36. The van der Waals surface area contributed by atoms with Crippen LogP contribution in [0.25, 0.3) is 22.4 Å². The molecule has 2 aromatic heterocycles. The third kappa shape index (κ3) is 4.79. The molecule has 2 aromatic carbocycles. The topological polar surface area (TPSA) is 99.8 Å². The highest BCUT2D eigenvalue weighted by molar-refractivity contribution is 6.22. The number of benzene rings is 2. The molecule has 1 aliphatic rings. The van der Waals surface area contributed by atoms with Gasteiger partial charge in [0.05, 0.1) is 17.0 Å². The molecule has 8 heteroatoms. The number of nitrogens with one attached hydrogen (secondary N) is 3. The van der Waals surface area contributed by atoms with E-state index in [1.54, 1.807) is 30.5 Å². The van der Waals surface area contributed by atoms with Gasteiger partial charge in [-0.2, -0.15) is 0 Å². The zero-order valence-corrected chi connectivity index (χ0v) is 19.2. The lowest BCUT2D eigenvalue weighted by Gasteiger charge is -2.25. The van der Waals surface area contributed by atoms with Gasteiger partial charge in [0.1, 0.15) is 11.6 Å². The molecule has 34 heavy (non-hydrogen) atoms. The van der Waals surface area contributed by atoms with Gasteiger partial charge in [-0.3, -0.25) is 9.59 Å². The van der Waals surface area contributed by atoms with Gasteiger partial charge in [0.25, 0.3) is 5.91 Å². The molecule has 172 valence electrons. The molecule has 7 nitrogen and oxygen atoms in total. The summed E-state index contributed by atoms with van der Waals surface area (Å²) in [5.74, 6) is 0.773. The number of halogens is 1. The molecule has 0 bridgehead atoms. The van der Waals surface area contributed by atoms with E-state index >= 15 is 0 Å². The summed E-state index contributed by atoms with van der Waals surface area (Å²) in [5, 5.41) is 5.67. The number of imidazole rings is 1. The van der Waals surface area contributed by atoms with Gasteiger partial charge in [0, 0.05) is 28.4 Å². The van der Waals surface area contributed by atoms with Crippen molar-refractivity contribution < 1.29 is 9.59 Å². The van der Waals surface area contributed by atoms with Gasteiger partial charge < -0.3 is 15.6 Å².